The summed E-state index contributed by atoms with van der Waals surface area (Å²) < 4.78 is 5.23. The Balaban J connectivity index is 2.32. The maximum Gasteiger partial charge on any atom is 0.323 e. The SMILES string of the molecule is CC(=O)O[C@H]1C(=O)c2ccccc2N(C(N)=O)c2ccccc21. The van der Waals surface area contributed by atoms with Crippen LogP contribution in [-0.4, -0.2) is 17.8 Å². The van der Waals surface area contributed by atoms with Crippen molar-refractivity contribution in [2.24, 2.45) is 5.73 Å². The highest BCUT2D eigenvalue weighted by Crippen LogP contribution is 2.41. The average molecular weight is 310 g/mol. The predicted molar refractivity (Wildman–Crippen MR) is 83.4 cm³/mol. The number of rotatable bonds is 1. The van der Waals surface area contributed by atoms with E-state index in [4.69, 9.17) is 10.5 Å². The second-order valence-corrected chi connectivity index (χ2v) is 5.10. The molecular weight excluding hydrogens is 296 g/mol. The van der Waals surface area contributed by atoms with Crippen LogP contribution in [0.1, 0.15) is 28.9 Å². The number of ether oxygens (including phenoxy) is 1. The highest BCUT2D eigenvalue weighted by Gasteiger charge is 2.36. The molecule has 6 heteroatoms. The van der Waals surface area contributed by atoms with Crippen molar-refractivity contribution >= 4 is 29.2 Å². The smallest absolute Gasteiger partial charge is 0.323 e. The Hall–Kier alpha value is -3.15. The fourth-order valence-corrected chi connectivity index (χ4v) is 2.72. The first-order valence-corrected chi connectivity index (χ1v) is 6.99. The minimum absolute atomic E-state index is 0.272. The van der Waals surface area contributed by atoms with Crippen LogP contribution < -0.4 is 10.6 Å². The fraction of sp³-hybridized carbons (Fsp3) is 0.118. The van der Waals surface area contributed by atoms with Crippen molar-refractivity contribution in [2.75, 3.05) is 4.90 Å². The van der Waals surface area contributed by atoms with Gasteiger partial charge in [0, 0.05) is 18.1 Å². The van der Waals surface area contributed by atoms with Gasteiger partial charge in [-0.2, -0.15) is 0 Å². The van der Waals surface area contributed by atoms with E-state index in [1.54, 1.807) is 48.5 Å². The number of urea groups is 1. The van der Waals surface area contributed by atoms with E-state index in [2.05, 4.69) is 0 Å². The summed E-state index contributed by atoms with van der Waals surface area (Å²) in [6, 6.07) is 12.6. The van der Waals surface area contributed by atoms with Crippen molar-refractivity contribution in [1.29, 1.82) is 0 Å². The van der Waals surface area contributed by atoms with Gasteiger partial charge in [0.25, 0.3) is 0 Å². The van der Waals surface area contributed by atoms with Gasteiger partial charge in [0.1, 0.15) is 0 Å². The van der Waals surface area contributed by atoms with Crippen molar-refractivity contribution in [3.8, 4) is 0 Å². The summed E-state index contributed by atoms with van der Waals surface area (Å²) in [5.41, 5.74) is 7.01. The number of primary amides is 1. The van der Waals surface area contributed by atoms with E-state index in [9.17, 15) is 14.4 Å². The van der Waals surface area contributed by atoms with Crippen LogP contribution in [0.25, 0.3) is 0 Å². The zero-order valence-electron chi connectivity index (χ0n) is 12.4. The Kier molecular flexibility index (Phi) is 3.57. The summed E-state index contributed by atoms with van der Waals surface area (Å²) in [6.07, 6.45) is -1.12. The number of hydrogen-bond donors (Lipinski definition) is 1. The number of hydrogen-bond acceptors (Lipinski definition) is 4. The van der Waals surface area contributed by atoms with Gasteiger partial charge in [-0.25, -0.2) is 4.79 Å². The monoisotopic (exact) mass is 310 g/mol. The third kappa shape index (κ3) is 2.44. The van der Waals surface area contributed by atoms with Gasteiger partial charge in [-0.05, 0) is 18.2 Å². The summed E-state index contributed by atoms with van der Waals surface area (Å²) in [7, 11) is 0. The van der Waals surface area contributed by atoms with Crippen molar-refractivity contribution in [3.05, 3.63) is 59.7 Å². The quantitative estimate of drug-likeness (QED) is 0.820. The largest absolute Gasteiger partial charge is 0.449 e. The summed E-state index contributed by atoms with van der Waals surface area (Å²) in [5, 5.41) is 0. The first-order valence-electron chi connectivity index (χ1n) is 6.99. The average Bonchev–Trinajstić information content (AvgIpc) is 2.62. The molecule has 1 atom stereocenters. The number of Topliss-reactive ketones (excluding diaryl/α,β-unsaturated/α-hetero) is 1. The van der Waals surface area contributed by atoms with Crippen LogP contribution >= 0.6 is 0 Å². The topological polar surface area (TPSA) is 89.7 Å². The van der Waals surface area contributed by atoms with E-state index < -0.39 is 23.9 Å². The predicted octanol–water partition coefficient (Wildman–Crippen LogP) is 2.70. The molecule has 0 aromatic heterocycles. The lowest BCUT2D eigenvalue weighted by molar-refractivity contribution is -0.144. The van der Waals surface area contributed by atoms with Crippen LogP contribution in [0.3, 0.4) is 0 Å². The molecule has 0 aliphatic carbocycles. The number of esters is 1. The van der Waals surface area contributed by atoms with E-state index in [1.165, 1.54) is 11.8 Å². The van der Waals surface area contributed by atoms with Crippen molar-refractivity contribution < 1.29 is 19.1 Å². The molecule has 1 aliphatic heterocycles. The van der Waals surface area contributed by atoms with Crippen molar-refractivity contribution in [2.45, 2.75) is 13.0 Å². The molecule has 1 heterocycles. The third-order valence-corrected chi connectivity index (χ3v) is 3.61. The molecule has 2 aromatic carbocycles. The Morgan fingerprint density at radius 2 is 1.65 bits per heavy atom. The molecule has 0 saturated carbocycles. The Bertz CT molecular complexity index is 816. The van der Waals surface area contributed by atoms with Gasteiger partial charge in [0.15, 0.2) is 6.10 Å². The number of fused-ring (bicyclic) bond motifs is 2. The van der Waals surface area contributed by atoms with Crippen LogP contribution in [0, 0.1) is 0 Å². The molecule has 3 rings (SSSR count). The minimum atomic E-state index is -1.12. The summed E-state index contributed by atoms with van der Waals surface area (Å²) in [6.45, 7) is 1.23. The number of nitrogens with two attached hydrogens (primary N) is 1. The number of amides is 2. The van der Waals surface area contributed by atoms with E-state index >= 15 is 0 Å². The molecule has 2 N–H and O–H groups in total. The number of carbonyl (C=O) groups excluding carboxylic acids is 3. The fourth-order valence-electron chi connectivity index (χ4n) is 2.72. The van der Waals surface area contributed by atoms with Crippen LogP contribution in [0.4, 0.5) is 16.2 Å². The lowest BCUT2D eigenvalue weighted by atomic mass is 10.00. The van der Waals surface area contributed by atoms with E-state index in [0.29, 0.717) is 16.9 Å². The minimum Gasteiger partial charge on any atom is -0.449 e. The molecule has 0 radical (unpaired) electrons. The van der Waals surface area contributed by atoms with E-state index in [1.807, 2.05) is 0 Å². The van der Waals surface area contributed by atoms with Gasteiger partial charge in [-0.15, -0.1) is 0 Å². The molecule has 2 aromatic rings. The molecule has 6 nitrogen and oxygen atoms in total. The highest BCUT2D eigenvalue weighted by atomic mass is 16.5. The zero-order chi connectivity index (χ0) is 16.6. The summed E-state index contributed by atoms with van der Waals surface area (Å²) in [5.74, 6) is -0.977. The Labute approximate surface area is 132 Å². The second-order valence-electron chi connectivity index (χ2n) is 5.10. The molecular formula is C17H14N2O4. The van der Waals surface area contributed by atoms with E-state index in [0.717, 1.165) is 0 Å². The van der Waals surface area contributed by atoms with Crippen LogP contribution in [0.15, 0.2) is 48.5 Å². The maximum absolute atomic E-state index is 12.8. The molecule has 0 saturated heterocycles. The first-order chi connectivity index (χ1) is 11.0. The number of benzene rings is 2. The standard InChI is InChI=1S/C17H14N2O4/c1-10(20)23-16-12-7-3-5-9-14(12)19(17(18)22)13-8-4-2-6-11(13)15(16)21/h2-9,16H,1H3,(H2,18,22)/t16-/m1/s1. The molecule has 116 valence electrons. The third-order valence-electron chi connectivity index (χ3n) is 3.61. The molecule has 2 amide bonds. The highest BCUT2D eigenvalue weighted by molar-refractivity contribution is 6.13. The lowest BCUT2D eigenvalue weighted by Gasteiger charge is -2.22. The van der Waals surface area contributed by atoms with Crippen LogP contribution in [0.2, 0.25) is 0 Å². The molecule has 1 aliphatic rings. The number of para-hydroxylation sites is 2. The summed E-state index contributed by atoms with van der Waals surface area (Å²) in [4.78, 5) is 37.5. The lowest BCUT2D eigenvalue weighted by Crippen LogP contribution is -2.32. The molecule has 0 unspecified atom stereocenters. The zero-order valence-corrected chi connectivity index (χ0v) is 12.4. The van der Waals surface area contributed by atoms with Gasteiger partial charge < -0.3 is 10.5 Å². The van der Waals surface area contributed by atoms with Crippen LogP contribution in [-0.2, 0) is 9.53 Å². The Morgan fingerprint density at radius 3 is 2.30 bits per heavy atom. The van der Waals surface area contributed by atoms with Gasteiger partial charge in [-0.1, -0.05) is 30.3 Å². The van der Waals surface area contributed by atoms with Gasteiger partial charge >= 0.3 is 12.0 Å². The number of anilines is 2. The van der Waals surface area contributed by atoms with Gasteiger partial charge in [0.05, 0.1) is 11.4 Å². The second kappa shape index (κ2) is 5.57. The molecule has 0 fully saturated rings. The maximum atomic E-state index is 12.8. The molecule has 0 spiro atoms. The van der Waals surface area contributed by atoms with Gasteiger partial charge in [0.2, 0.25) is 5.78 Å². The van der Waals surface area contributed by atoms with Crippen molar-refractivity contribution in [3.63, 3.8) is 0 Å². The van der Waals surface area contributed by atoms with Gasteiger partial charge in [-0.3, -0.25) is 14.5 Å². The number of ketones is 1. The number of nitrogens with zero attached hydrogens (tertiary/aromatic N) is 1. The van der Waals surface area contributed by atoms with Crippen LogP contribution in [0.5, 0.6) is 0 Å². The Morgan fingerprint density at radius 1 is 1.04 bits per heavy atom. The molecule has 23 heavy (non-hydrogen) atoms. The van der Waals surface area contributed by atoms with Crippen molar-refractivity contribution in [1.82, 2.24) is 0 Å². The normalized spacial score (nSPS) is 16.1. The van der Waals surface area contributed by atoms with E-state index in [-0.39, 0.29) is 5.56 Å². The molecule has 0 bridgehead atoms. The summed E-state index contributed by atoms with van der Waals surface area (Å²) >= 11 is 0. The first kappa shape index (κ1) is 14.8. The number of carbonyl (C=O) groups is 3.